The number of hydrogen-bond acceptors (Lipinski definition) is 5. The average molecular weight is 448 g/mol. The van der Waals surface area contributed by atoms with Crippen LogP contribution in [0.5, 0.6) is 0 Å². The maximum atomic E-state index is 12.4. The Hall–Kier alpha value is -2.42. The molecule has 8 nitrogen and oxygen atoms in total. The molecule has 1 aliphatic rings. The van der Waals surface area contributed by atoms with Crippen LogP contribution in [0.15, 0.2) is 18.2 Å². The van der Waals surface area contributed by atoms with Gasteiger partial charge in [-0.1, -0.05) is 17.7 Å². The molecule has 2 amide bonds. The van der Waals surface area contributed by atoms with Crippen LogP contribution in [0.25, 0.3) is 5.69 Å². The quantitative estimate of drug-likeness (QED) is 0.641. The Labute approximate surface area is 187 Å². The van der Waals surface area contributed by atoms with E-state index in [2.05, 4.69) is 20.6 Å². The Morgan fingerprint density at radius 3 is 2.58 bits per heavy atom. The maximum absolute atomic E-state index is 12.4. The smallest absolute Gasteiger partial charge is 0.239 e. The molecule has 2 N–H and O–H groups in total. The number of carbonyl (C=O) groups is 2. The molecule has 1 fully saturated rings. The van der Waals surface area contributed by atoms with Gasteiger partial charge in [-0.15, -0.1) is 0 Å². The molecule has 0 aliphatic carbocycles. The van der Waals surface area contributed by atoms with Crippen LogP contribution in [0.3, 0.4) is 0 Å². The van der Waals surface area contributed by atoms with E-state index in [-0.39, 0.29) is 24.8 Å². The van der Waals surface area contributed by atoms with Crippen molar-refractivity contribution in [1.29, 1.82) is 0 Å². The fourth-order valence-electron chi connectivity index (χ4n) is 3.54. The van der Waals surface area contributed by atoms with Crippen molar-refractivity contribution in [2.24, 2.45) is 0 Å². The van der Waals surface area contributed by atoms with Crippen molar-refractivity contribution in [3.05, 3.63) is 45.7 Å². The molecule has 9 heteroatoms. The average Bonchev–Trinajstić information content (AvgIpc) is 3.03. The zero-order valence-electron chi connectivity index (χ0n) is 18.3. The Morgan fingerprint density at radius 2 is 1.87 bits per heavy atom. The second-order valence-electron chi connectivity index (χ2n) is 7.75. The lowest BCUT2D eigenvalue weighted by Crippen LogP contribution is -2.43. The van der Waals surface area contributed by atoms with Crippen LogP contribution in [0.4, 0.5) is 0 Å². The van der Waals surface area contributed by atoms with Gasteiger partial charge in [-0.25, -0.2) is 4.68 Å². The number of hydrogen-bond donors (Lipinski definition) is 2. The molecule has 3 rings (SSSR count). The number of benzene rings is 1. The summed E-state index contributed by atoms with van der Waals surface area (Å²) >= 11 is 6.25. The predicted molar refractivity (Wildman–Crippen MR) is 120 cm³/mol. The van der Waals surface area contributed by atoms with Crippen molar-refractivity contribution in [3.8, 4) is 5.69 Å². The Bertz CT molecular complexity index is 937. The first-order valence-electron chi connectivity index (χ1n) is 10.5. The monoisotopic (exact) mass is 447 g/mol. The third-order valence-corrected chi connectivity index (χ3v) is 5.89. The summed E-state index contributed by atoms with van der Waals surface area (Å²) in [5.74, 6) is -0.406. The standard InChI is InChI=1S/C22H30ClN5O3/c1-15-4-5-18(12-20(15)23)28-17(3)19(16(2)26-28)13-21(29)25-14-22(30)24-6-7-27-8-10-31-11-9-27/h4-5,12H,6-11,13-14H2,1-3H3,(H,24,30)(H,25,29). The SMILES string of the molecule is Cc1ccc(-n2nc(C)c(CC(=O)NCC(=O)NCCN3CCOCC3)c2C)cc1Cl. The fraction of sp³-hybridized carbons (Fsp3) is 0.500. The van der Waals surface area contributed by atoms with E-state index >= 15 is 0 Å². The molecule has 2 heterocycles. The molecule has 1 aromatic heterocycles. The van der Waals surface area contributed by atoms with Gasteiger partial charge in [-0.3, -0.25) is 14.5 Å². The van der Waals surface area contributed by atoms with E-state index in [9.17, 15) is 9.59 Å². The topological polar surface area (TPSA) is 88.5 Å². The summed E-state index contributed by atoms with van der Waals surface area (Å²) in [4.78, 5) is 26.7. The van der Waals surface area contributed by atoms with Crippen LogP contribution in [-0.4, -0.2) is 72.4 Å². The number of nitrogens with zero attached hydrogens (tertiary/aromatic N) is 3. The van der Waals surface area contributed by atoms with Crippen LogP contribution < -0.4 is 10.6 Å². The highest BCUT2D eigenvalue weighted by atomic mass is 35.5. The van der Waals surface area contributed by atoms with E-state index in [1.807, 2.05) is 39.0 Å². The van der Waals surface area contributed by atoms with Crippen molar-refractivity contribution in [3.63, 3.8) is 0 Å². The van der Waals surface area contributed by atoms with Gasteiger partial charge in [0.05, 0.1) is 37.6 Å². The number of nitrogens with one attached hydrogen (secondary N) is 2. The van der Waals surface area contributed by atoms with E-state index in [1.54, 1.807) is 4.68 Å². The molecule has 0 radical (unpaired) electrons. The van der Waals surface area contributed by atoms with E-state index in [1.165, 1.54) is 0 Å². The van der Waals surface area contributed by atoms with Crippen LogP contribution >= 0.6 is 11.6 Å². The Kier molecular flexibility index (Phi) is 8.06. The highest BCUT2D eigenvalue weighted by molar-refractivity contribution is 6.31. The number of ether oxygens (including phenoxy) is 1. The number of halogens is 1. The molecular weight excluding hydrogens is 418 g/mol. The van der Waals surface area contributed by atoms with Gasteiger partial charge in [-0.2, -0.15) is 5.10 Å². The van der Waals surface area contributed by atoms with Crippen molar-refractivity contribution in [2.75, 3.05) is 45.9 Å². The molecule has 168 valence electrons. The van der Waals surface area contributed by atoms with Gasteiger partial charge in [0.2, 0.25) is 11.8 Å². The van der Waals surface area contributed by atoms with Gasteiger partial charge in [0, 0.05) is 42.5 Å². The summed E-state index contributed by atoms with van der Waals surface area (Å²) in [5, 5.41) is 10.8. The molecule has 1 saturated heterocycles. The molecule has 0 atom stereocenters. The van der Waals surface area contributed by atoms with Crippen molar-refractivity contribution in [2.45, 2.75) is 27.2 Å². The zero-order chi connectivity index (χ0) is 22.4. The lowest BCUT2D eigenvalue weighted by molar-refractivity contribution is -0.125. The fourth-order valence-corrected chi connectivity index (χ4v) is 3.71. The summed E-state index contributed by atoms with van der Waals surface area (Å²) in [6, 6.07) is 5.76. The Balaban J connectivity index is 1.49. The summed E-state index contributed by atoms with van der Waals surface area (Å²) in [7, 11) is 0. The second-order valence-corrected chi connectivity index (χ2v) is 8.16. The van der Waals surface area contributed by atoms with Gasteiger partial charge in [-0.05, 0) is 38.5 Å². The molecule has 0 saturated carbocycles. The molecule has 2 aromatic rings. The minimum Gasteiger partial charge on any atom is -0.379 e. The lowest BCUT2D eigenvalue weighted by Gasteiger charge is -2.26. The molecule has 0 unspecified atom stereocenters. The molecule has 0 bridgehead atoms. The summed E-state index contributed by atoms with van der Waals surface area (Å²) in [5.41, 5.74) is 4.35. The summed E-state index contributed by atoms with van der Waals surface area (Å²) < 4.78 is 7.10. The first-order chi connectivity index (χ1) is 14.8. The third-order valence-electron chi connectivity index (χ3n) is 5.48. The first-order valence-corrected chi connectivity index (χ1v) is 10.9. The highest BCUT2D eigenvalue weighted by Crippen LogP contribution is 2.23. The minimum atomic E-state index is -0.212. The van der Waals surface area contributed by atoms with Gasteiger partial charge in [0.25, 0.3) is 0 Å². The first kappa shape index (κ1) is 23.2. The number of aryl methyl sites for hydroxylation is 2. The number of aromatic nitrogens is 2. The maximum Gasteiger partial charge on any atom is 0.239 e. The number of amides is 2. The summed E-state index contributed by atoms with van der Waals surface area (Å²) in [6.07, 6.45) is 0.165. The molecular formula is C22H30ClN5O3. The van der Waals surface area contributed by atoms with Gasteiger partial charge >= 0.3 is 0 Å². The number of morpholine rings is 1. The van der Waals surface area contributed by atoms with E-state index < -0.39 is 0 Å². The summed E-state index contributed by atoms with van der Waals surface area (Å²) in [6.45, 7) is 10.3. The number of rotatable bonds is 8. The van der Waals surface area contributed by atoms with Gasteiger partial charge in [0.15, 0.2) is 0 Å². The van der Waals surface area contributed by atoms with Crippen LogP contribution in [0.2, 0.25) is 5.02 Å². The van der Waals surface area contributed by atoms with Crippen LogP contribution in [0.1, 0.15) is 22.5 Å². The lowest BCUT2D eigenvalue weighted by atomic mass is 10.1. The Morgan fingerprint density at radius 1 is 1.13 bits per heavy atom. The minimum absolute atomic E-state index is 0.0399. The predicted octanol–water partition coefficient (Wildman–Crippen LogP) is 1.56. The van der Waals surface area contributed by atoms with E-state index in [0.29, 0.717) is 11.6 Å². The second kappa shape index (κ2) is 10.7. The normalized spacial score (nSPS) is 14.5. The van der Waals surface area contributed by atoms with Crippen molar-refractivity contribution >= 4 is 23.4 Å². The zero-order valence-corrected chi connectivity index (χ0v) is 19.1. The molecule has 1 aliphatic heterocycles. The largest absolute Gasteiger partial charge is 0.379 e. The van der Waals surface area contributed by atoms with Crippen molar-refractivity contribution < 1.29 is 14.3 Å². The third kappa shape index (κ3) is 6.29. The highest BCUT2D eigenvalue weighted by Gasteiger charge is 2.17. The van der Waals surface area contributed by atoms with Gasteiger partial charge in [0.1, 0.15) is 0 Å². The van der Waals surface area contributed by atoms with Crippen LogP contribution in [-0.2, 0) is 20.7 Å². The van der Waals surface area contributed by atoms with E-state index in [0.717, 1.165) is 61.1 Å². The van der Waals surface area contributed by atoms with Gasteiger partial charge < -0.3 is 15.4 Å². The molecule has 31 heavy (non-hydrogen) atoms. The number of carbonyl (C=O) groups excluding carboxylic acids is 2. The van der Waals surface area contributed by atoms with Crippen LogP contribution in [0, 0.1) is 20.8 Å². The molecule has 1 aromatic carbocycles. The van der Waals surface area contributed by atoms with E-state index in [4.69, 9.17) is 16.3 Å². The van der Waals surface area contributed by atoms with Crippen molar-refractivity contribution in [1.82, 2.24) is 25.3 Å². The molecule has 0 spiro atoms.